The van der Waals surface area contributed by atoms with Crippen molar-refractivity contribution in [1.29, 1.82) is 0 Å². The van der Waals surface area contributed by atoms with Crippen molar-refractivity contribution < 1.29 is 9.53 Å². The van der Waals surface area contributed by atoms with Gasteiger partial charge in [0.05, 0.1) is 6.04 Å². The van der Waals surface area contributed by atoms with Gasteiger partial charge in [-0.2, -0.15) is 0 Å². The van der Waals surface area contributed by atoms with Crippen molar-refractivity contribution in [2.75, 3.05) is 6.54 Å². The molecule has 1 fully saturated rings. The quantitative estimate of drug-likeness (QED) is 0.713. The highest BCUT2D eigenvalue weighted by molar-refractivity contribution is 5.78. The second kappa shape index (κ2) is 4.37. The minimum Gasteiger partial charge on any atom is -0.444 e. The molecule has 0 unspecified atom stereocenters. The highest BCUT2D eigenvalue weighted by Crippen LogP contribution is 2.52. The van der Waals surface area contributed by atoms with E-state index >= 15 is 0 Å². The Labute approximate surface area is 120 Å². The monoisotopic (exact) mass is 271 g/mol. The van der Waals surface area contributed by atoms with Crippen LogP contribution in [0, 0.1) is 5.92 Å². The molecule has 2 atom stereocenters. The number of rotatable bonds is 0. The van der Waals surface area contributed by atoms with Gasteiger partial charge in [-0.15, -0.1) is 0 Å². The average Bonchev–Trinajstić information content (AvgIpc) is 2.89. The molecule has 1 aliphatic heterocycles. The third-order valence-corrected chi connectivity index (χ3v) is 4.10. The molecule has 1 aromatic carbocycles. The van der Waals surface area contributed by atoms with Crippen molar-refractivity contribution in [2.45, 2.75) is 38.8 Å². The summed E-state index contributed by atoms with van der Waals surface area (Å²) in [5.74, 6) is 0.347. The fourth-order valence-electron chi connectivity index (χ4n) is 3.31. The first-order valence-corrected chi connectivity index (χ1v) is 7.16. The van der Waals surface area contributed by atoms with Gasteiger partial charge in [0.15, 0.2) is 0 Å². The van der Waals surface area contributed by atoms with E-state index < -0.39 is 5.60 Å². The van der Waals surface area contributed by atoms with E-state index in [4.69, 9.17) is 4.74 Å². The van der Waals surface area contributed by atoms with Gasteiger partial charge in [-0.3, -0.25) is 0 Å². The lowest BCUT2D eigenvalue weighted by Gasteiger charge is -2.28. The Morgan fingerprint density at radius 2 is 2.05 bits per heavy atom. The molecular weight excluding hydrogens is 250 g/mol. The van der Waals surface area contributed by atoms with Gasteiger partial charge in [0, 0.05) is 12.5 Å². The summed E-state index contributed by atoms with van der Waals surface area (Å²) in [6, 6.07) is 8.37. The van der Waals surface area contributed by atoms with E-state index in [2.05, 4.69) is 18.7 Å². The zero-order valence-electron chi connectivity index (χ0n) is 12.3. The molecule has 106 valence electrons. The lowest BCUT2D eigenvalue weighted by atomic mass is 9.98. The van der Waals surface area contributed by atoms with E-state index in [1.54, 1.807) is 0 Å². The summed E-state index contributed by atoms with van der Waals surface area (Å²) in [5, 5.41) is 0. The number of hydrogen-bond donors (Lipinski definition) is 0. The van der Waals surface area contributed by atoms with E-state index in [9.17, 15) is 4.79 Å². The van der Waals surface area contributed by atoms with Crippen LogP contribution < -0.4 is 0 Å². The Bertz CT molecular complexity index is 571. The van der Waals surface area contributed by atoms with Crippen LogP contribution in [0.4, 0.5) is 4.79 Å². The number of benzene rings is 1. The number of likely N-dealkylation sites (tertiary alicyclic amines) is 1. The maximum Gasteiger partial charge on any atom is 0.410 e. The van der Waals surface area contributed by atoms with Gasteiger partial charge < -0.3 is 9.64 Å². The number of carbonyl (C=O) groups excluding carboxylic acids is 1. The molecule has 1 saturated heterocycles. The molecule has 1 amide bonds. The molecule has 3 rings (SSSR count). The van der Waals surface area contributed by atoms with Crippen molar-refractivity contribution >= 4 is 11.7 Å². The maximum absolute atomic E-state index is 12.4. The van der Waals surface area contributed by atoms with Gasteiger partial charge in [0.2, 0.25) is 0 Å². The van der Waals surface area contributed by atoms with Crippen LogP contribution in [-0.4, -0.2) is 23.1 Å². The zero-order chi connectivity index (χ0) is 14.5. The van der Waals surface area contributed by atoms with Crippen molar-refractivity contribution in [3.05, 3.63) is 42.0 Å². The summed E-state index contributed by atoms with van der Waals surface area (Å²) < 4.78 is 5.54. The van der Waals surface area contributed by atoms with E-state index in [1.807, 2.05) is 37.8 Å². The molecule has 2 aliphatic rings. The number of nitrogens with zero attached hydrogens (tertiary/aromatic N) is 1. The molecule has 20 heavy (non-hydrogen) atoms. The number of amides is 1. The predicted octanol–water partition coefficient (Wildman–Crippen LogP) is 4.01. The summed E-state index contributed by atoms with van der Waals surface area (Å²) in [6.45, 7) is 10.7. The van der Waals surface area contributed by atoms with Crippen LogP contribution in [0.5, 0.6) is 0 Å². The van der Waals surface area contributed by atoms with Gasteiger partial charge in [0.25, 0.3) is 0 Å². The first kappa shape index (κ1) is 13.2. The topological polar surface area (TPSA) is 29.5 Å². The zero-order valence-corrected chi connectivity index (χ0v) is 12.3. The third kappa shape index (κ3) is 2.01. The summed E-state index contributed by atoms with van der Waals surface area (Å²) in [4.78, 5) is 14.3. The smallest absolute Gasteiger partial charge is 0.410 e. The first-order valence-electron chi connectivity index (χ1n) is 7.16. The van der Waals surface area contributed by atoms with Crippen molar-refractivity contribution in [2.24, 2.45) is 5.92 Å². The predicted molar refractivity (Wildman–Crippen MR) is 79.3 cm³/mol. The van der Waals surface area contributed by atoms with Crippen molar-refractivity contribution in [1.82, 2.24) is 4.90 Å². The van der Waals surface area contributed by atoms with Crippen LogP contribution in [-0.2, 0) is 4.74 Å². The Morgan fingerprint density at radius 1 is 1.35 bits per heavy atom. The van der Waals surface area contributed by atoms with Crippen LogP contribution in [0.15, 0.2) is 30.8 Å². The van der Waals surface area contributed by atoms with Crippen LogP contribution in [0.25, 0.3) is 5.57 Å². The SMILES string of the molecule is C=C1c2ccccc2[C@@H]2[C@H]1CCN2C(=O)OC(C)(C)C. The molecule has 0 bridgehead atoms. The minimum absolute atomic E-state index is 0.105. The van der Waals surface area contributed by atoms with E-state index in [1.165, 1.54) is 11.1 Å². The molecule has 3 nitrogen and oxygen atoms in total. The molecule has 3 heteroatoms. The van der Waals surface area contributed by atoms with Gasteiger partial charge in [-0.25, -0.2) is 4.79 Å². The lowest BCUT2D eigenvalue weighted by molar-refractivity contribution is 0.0218. The third-order valence-electron chi connectivity index (χ3n) is 4.10. The average molecular weight is 271 g/mol. The van der Waals surface area contributed by atoms with E-state index in [0.29, 0.717) is 5.92 Å². The van der Waals surface area contributed by atoms with Crippen molar-refractivity contribution in [3.8, 4) is 0 Å². The molecule has 1 aromatic rings. The molecule has 1 aliphatic carbocycles. The Kier molecular flexibility index (Phi) is 2.89. The summed E-state index contributed by atoms with van der Waals surface area (Å²) in [7, 11) is 0. The maximum atomic E-state index is 12.4. The van der Waals surface area contributed by atoms with Gasteiger partial charge >= 0.3 is 6.09 Å². The lowest BCUT2D eigenvalue weighted by Crippen LogP contribution is -2.36. The van der Waals surface area contributed by atoms with Crippen LogP contribution in [0.2, 0.25) is 0 Å². The largest absolute Gasteiger partial charge is 0.444 e. The highest BCUT2D eigenvalue weighted by atomic mass is 16.6. The number of ether oxygens (including phenoxy) is 1. The summed E-state index contributed by atoms with van der Waals surface area (Å²) in [5.41, 5.74) is 3.13. The number of carbonyl (C=O) groups is 1. The summed E-state index contributed by atoms with van der Waals surface area (Å²) in [6.07, 6.45) is 0.756. The molecule has 1 heterocycles. The fraction of sp³-hybridized carbons (Fsp3) is 0.471. The van der Waals surface area contributed by atoms with Crippen LogP contribution in [0.3, 0.4) is 0 Å². The van der Waals surface area contributed by atoms with E-state index in [0.717, 1.165) is 18.5 Å². The fourth-order valence-corrected chi connectivity index (χ4v) is 3.31. The molecule has 0 spiro atoms. The van der Waals surface area contributed by atoms with E-state index in [-0.39, 0.29) is 12.1 Å². The van der Waals surface area contributed by atoms with Crippen LogP contribution in [0.1, 0.15) is 44.4 Å². The van der Waals surface area contributed by atoms with Crippen LogP contribution >= 0.6 is 0 Å². The highest BCUT2D eigenvalue weighted by Gasteiger charge is 2.46. The Balaban J connectivity index is 1.91. The molecule has 0 saturated carbocycles. The molecule has 0 aromatic heterocycles. The second-order valence-electron chi connectivity index (χ2n) is 6.63. The molecule has 0 radical (unpaired) electrons. The van der Waals surface area contributed by atoms with Gasteiger partial charge in [0.1, 0.15) is 5.60 Å². The Morgan fingerprint density at radius 3 is 2.75 bits per heavy atom. The standard InChI is InChI=1S/C17H21NO2/c1-11-12-7-5-6-8-14(12)15-13(11)9-10-18(15)16(19)20-17(2,3)4/h5-8,13,15H,1,9-10H2,2-4H3/t13-,15-/m0/s1. The first-order chi connectivity index (χ1) is 9.38. The summed E-state index contributed by atoms with van der Waals surface area (Å²) >= 11 is 0. The Hall–Kier alpha value is -1.77. The normalized spacial score (nSPS) is 24.6. The molecule has 0 N–H and O–H groups in total. The number of hydrogen-bond acceptors (Lipinski definition) is 2. The number of fused-ring (bicyclic) bond motifs is 3. The second-order valence-corrected chi connectivity index (χ2v) is 6.63. The van der Waals surface area contributed by atoms with Gasteiger partial charge in [-0.05, 0) is 43.9 Å². The minimum atomic E-state index is -0.454. The van der Waals surface area contributed by atoms with Gasteiger partial charge in [-0.1, -0.05) is 30.8 Å². The van der Waals surface area contributed by atoms with Crippen molar-refractivity contribution in [3.63, 3.8) is 0 Å². The molecular formula is C17H21NO2.